The average molecular weight is 330 g/mol. The Hall–Kier alpha value is -2.12. The van der Waals surface area contributed by atoms with Crippen molar-refractivity contribution < 1.29 is 38.1 Å². The number of hydrogen-bond donors (Lipinski definition) is 0. The summed E-state index contributed by atoms with van der Waals surface area (Å²) >= 11 is 0. The normalized spacial score (nSPS) is 30.0. The van der Waals surface area contributed by atoms with Crippen molar-refractivity contribution >= 4 is 23.9 Å². The van der Waals surface area contributed by atoms with E-state index in [0.717, 1.165) is 0 Å². The van der Waals surface area contributed by atoms with Crippen LogP contribution in [0.25, 0.3) is 0 Å². The summed E-state index contributed by atoms with van der Waals surface area (Å²) in [5.41, 5.74) is 0. The van der Waals surface area contributed by atoms with Crippen LogP contribution in [0.2, 0.25) is 0 Å². The minimum Gasteiger partial charge on any atom is -0.458 e. The Bertz CT molecular complexity index is 486. The molecule has 1 saturated carbocycles. The molecule has 0 N–H and O–H groups in total. The molecule has 0 spiro atoms. The Balaban J connectivity index is 3.15. The van der Waals surface area contributed by atoms with E-state index in [0.29, 0.717) is 6.42 Å². The lowest BCUT2D eigenvalue weighted by Gasteiger charge is -2.43. The monoisotopic (exact) mass is 330 g/mol. The Morgan fingerprint density at radius 1 is 0.652 bits per heavy atom. The topological polar surface area (TPSA) is 105 Å². The van der Waals surface area contributed by atoms with Crippen molar-refractivity contribution in [3.05, 3.63) is 0 Å². The van der Waals surface area contributed by atoms with Gasteiger partial charge in [-0.25, -0.2) is 0 Å². The van der Waals surface area contributed by atoms with Gasteiger partial charge in [0.1, 0.15) is 12.2 Å². The highest BCUT2D eigenvalue weighted by atomic mass is 16.6. The molecule has 0 bridgehead atoms. The molecule has 0 saturated heterocycles. The van der Waals surface area contributed by atoms with E-state index in [-0.39, 0.29) is 5.92 Å². The van der Waals surface area contributed by atoms with Crippen LogP contribution >= 0.6 is 0 Å². The maximum Gasteiger partial charge on any atom is 0.303 e. The predicted molar refractivity (Wildman–Crippen MR) is 76.0 cm³/mol. The number of hydrogen-bond acceptors (Lipinski definition) is 8. The van der Waals surface area contributed by atoms with Crippen molar-refractivity contribution in [2.75, 3.05) is 0 Å². The fourth-order valence-corrected chi connectivity index (χ4v) is 2.72. The summed E-state index contributed by atoms with van der Waals surface area (Å²) in [7, 11) is 0. The van der Waals surface area contributed by atoms with Crippen LogP contribution in [0.15, 0.2) is 0 Å². The molecule has 130 valence electrons. The summed E-state index contributed by atoms with van der Waals surface area (Å²) in [6.07, 6.45) is -3.38. The predicted octanol–water partition coefficient (Wildman–Crippen LogP) is 0.753. The lowest BCUT2D eigenvalue weighted by atomic mass is 9.81. The average Bonchev–Trinajstić information content (AvgIpc) is 2.36. The molecule has 1 aliphatic rings. The van der Waals surface area contributed by atoms with Gasteiger partial charge in [-0.3, -0.25) is 19.2 Å². The summed E-state index contributed by atoms with van der Waals surface area (Å²) in [5.74, 6) is -2.61. The quantitative estimate of drug-likeness (QED) is 0.549. The van der Waals surface area contributed by atoms with Gasteiger partial charge in [0.2, 0.25) is 0 Å². The fourth-order valence-electron chi connectivity index (χ4n) is 2.72. The molecule has 0 aliphatic heterocycles. The largest absolute Gasteiger partial charge is 0.458 e. The molecular formula is C15H22O8. The number of rotatable bonds is 4. The van der Waals surface area contributed by atoms with Gasteiger partial charge in [-0.2, -0.15) is 0 Å². The molecule has 5 unspecified atom stereocenters. The molecule has 5 atom stereocenters. The van der Waals surface area contributed by atoms with Gasteiger partial charge in [-0.05, 0) is 6.42 Å². The van der Waals surface area contributed by atoms with Crippen molar-refractivity contribution in [1.29, 1.82) is 0 Å². The molecule has 23 heavy (non-hydrogen) atoms. The van der Waals surface area contributed by atoms with Crippen LogP contribution in [-0.2, 0) is 38.1 Å². The number of esters is 4. The SMILES string of the molecule is CC(=O)OC1CC(C)C(OC(C)=O)C(OC(C)=O)C1OC(C)=O. The van der Waals surface area contributed by atoms with Crippen molar-refractivity contribution in [3.8, 4) is 0 Å². The Kier molecular flexibility index (Phi) is 6.53. The summed E-state index contributed by atoms with van der Waals surface area (Å²) < 4.78 is 20.8. The summed E-state index contributed by atoms with van der Waals surface area (Å²) in [5, 5.41) is 0. The zero-order valence-electron chi connectivity index (χ0n) is 13.9. The van der Waals surface area contributed by atoms with Crippen molar-refractivity contribution in [2.45, 2.75) is 65.5 Å². The van der Waals surface area contributed by atoms with E-state index < -0.39 is 48.3 Å². The van der Waals surface area contributed by atoms with Crippen LogP contribution in [0.4, 0.5) is 0 Å². The third-order valence-corrected chi connectivity index (χ3v) is 3.40. The van der Waals surface area contributed by atoms with Crippen LogP contribution in [0, 0.1) is 5.92 Å². The van der Waals surface area contributed by atoms with Crippen LogP contribution in [0.3, 0.4) is 0 Å². The first-order chi connectivity index (χ1) is 10.6. The number of ether oxygens (including phenoxy) is 4. The van der Waals surface area contributed by atoms with Crippen LogP contribution in [-0.4, -0.2) is 48.3 Å². The van der Waals surface area contributed by atoms with Crippen molar-refractivity contribution in [2.24, 2.45) is 5.92 Å². The van der Waals surface area contributed by atoms with E-state index in [1.54, 1.807) is 6.92 Å². The second-order valence-corrected chi connectivity index (χ2v) is 5.58. The lowest BCUT2D eigenvalue weighted by molar-refractivity contribution is -0.217. The second kappa shape index (κ2) is 7.94. The minimum atomic E-state index is -1.05. The van der Waals surface area contributed by atoms with Crippen LogP contribution in [0.5, 0.6) is 0 Å². The second-order valence-electron chi connectivity index (χ2n) is 5.58. The Labute approximate surface area is 134 Å². The van der Waals surface area contributed by atoms with Gasteiger partial charge in [0.25, 0.3) is 0 Å². The Morgan fingerprint density at radius 2 is 1.04 bits per heavy atom. The molecule has 0 aromatic rings. The fraction of sp³-hybridized carbons (Fsp3) is 0.733. The minimum absolute atomic E-state index is 0.264. The summed E-state index contributed by atoms with van der Waals surface area (Å²) in [6, 6.07) is 0. The maximum atomic E-state index is 11.4. The van der Waals surface area contributed by atoms with Gasteiger partial charge in [0, 0.05) is 33.6 Å². The first-order valence-electron chi connectivity index (χ1n) is 7.30. The third-order valence-electron chi connectivity index (χ3n) is 3.40. The molecule has 0 aromatic heterocycles. The van der Waals surface area contributed by atoms with Crippen molar-refractivity contribution in [3.63, 3.8) is 0 Å². The highest BCUT2D eigenvalue weighted by Gasteiger charge is 2.50. The van der Waals surface area contributed by atoms with Gasteiger partial charge in [0.05, 0.1) is 0 Å². The third kappa shape index (κ3) is 5.54. The van der Waals surface area contributed by atoms with E-state index in [2.05, 4.69) is 0 Å². The zero-order valence-corrected chi connectivity index (χ0v) is 13.9. The van der Waals surface area contributed by atoms with E-state index in [1.807, 2.05) is 0 Å². The molecule has 1 rings (SSSR count). The van der Waals surface area contributed by atoms with Gasteiger partial charge < -0.3 is 18.9 Å². The van der Waals surface area contributed by atoms with Crippen LogP contribution < -0.4 is 0 Å². The van der Waals surface area contributed by atoms with E-state index in [9.17, 15) is 19.2 Å². The first kappa shape index (κ1) is 18.9. The highest BCUT2D eigenvalue weighted by molar-refractivity contribution is 5.69. The van der Waals surface area contributed by atoms with Crippen molar-refractivity contribution in [1.82, 2.24) is 0 Å². The molecule has 0 aromatic carbocycles. The highest BCUT2D eigenvalue weighted by Crippen LogP contribution is 2.33. The smallest absolute Gasteiger partial charge is 0.303 e. The molecule has 0 amide bonds. The van der Waals surface area contributed by atoms with E-state index in [4.69, 9.17) is 18.9 Å². The molecule has 8 heteroatoms. The Morgan fingerprint density at radius 3 is 1.48 bits per heavy atom. The van der Waals surface area contributed by atoms with Gasteiger partial charge in [-0.1, -0.05) is 6.92 Å². The first-order valence-corrected chi connectivity index (χ1v) is 7.30. The molecule has 1 aliphatic carbocycles. The van der Waals surface area contributed by atoms with E-state index >= 15 is 0 Å². The van der Waals surface area contributed by atoms with Gasteiger partial charge >= 0.3 is 23.9 Å². The molecule has 8 nitrogen and oxygen atoms in total. The maximum absolute atomic E-state index is 11.4. The number of carbonyl (C=O) groups excluding carboxylic acids is 4. The van der Waals surface area contributed by atoms with Gasteiger partial charge in [0.15, 0.2) is 12.2 Å². The summed E-state index contributed by atoms with van der Waals surface area (Å²) in [6.45, 7) is 6.61. The lowest BCUT2D eigenvalue weighted by Crippen LogP contribution is -2.58. The molecular weight excluding hydrogens is 308 g/mol. The van der Waals surface area contributed by atoms with E-state index in [1.165, 1.54) is 27.7 Å². The van der Waals surface area contributed by atoms with Crippen LogP contribution in [0.1, 0.15) is 41.0 Å². The molecule has 0 heterocycles. The molecule has 1 fully saturated rings. The summed E-state index contributed by atoms with van der Waals surface area (Å²) in [4.78, 5) is 45.4. The number of carbonyl (C=O) groups is 4. The standard InChI is InChI=1S/C15H22O8/c1-7-6-12(20-8(2)16)14(22-10(4)18)15(23-11(5)19)13(7)21-9(3)17/h7,12-15H,6H2,1-5H3. The van der Waals surface area contributed by atoms with Gasteiger partial charge in [-0.15, -0.1) is 0 Å². The zero-order chi connectivity index (χ0) is 17.7. The molecule has 0 radical (unpaired) electrons.